The average molecular weight is 302 g/mol. The maximum absolute atomic E-state index is 12.2. The van der Waals surface area contributed by atoms with Crippen LogP contribution in [0.4, 0.5) is 0 Å². The van der Waals surface area contributed by atoms with E-state index in [1.54, 1.807) is 0 Å². The number of hydrogen-bond acceptors (Lipinski definition) is 3. The van der Waals surface area contributed by atoms with Gasteiger partial charge < -0.3 is 10.4 Å². The summed E-state index contributed by atoms with van der Waals surface area (Å²) in [6.45, 7) is 4.82. The number of hydrogen-bond donors (Lipinski definition) is 2. The fourth-order valence-corrected chi connectivity index (χ4v) is 3.61. The van der Waals surface area contributed by atoms with E-state index in [1.807, 2.05) is 0 Å². The molecular formula is C18H26N2O2. The number of aliphatic hydroxyl groups is 1. The summed E-state index contributed by atoms with van der Waals surface area (Å²) in [6.07, 6.45) is 3.01. The highest BCUT2D eigenvalue weighted by Crippen LogP contribution is 2.31. The molecule has 1 atom stereocenters. The summed E-state index contributed by atoms with van der Waals surface area (Å²) in [6, 6.07) is 8.73. The summed E-state index contributed by atoms with van der Waals surface area (Å²) in [5.74, 6) is 0.601. The maximum atomic E-state index is 12.2. The lowest BCUT2D eigenvalue weighted by Crippen LogP contribution is -2.47. The Kier molecular flexibility index (Phi) is 4.79. The molecule has 1 aromatic carbocycles. The standard InChI is InChI=1S/C18H26N2O2/c1-2-17(15-9-16(21)10-15)19-18(22)7-8-20-11-13-5-3-4-6-14(13)12-20/h3-6,15-17,21H,2,7-12H2,1H3,(H,19,22)/t15?,16?,17-/m1/s1. The van der Waals surface area contributed by atoms with Crippen molar-refractivity contribution in [1.82, 2.24) is 10.2 Å². The lowest BCUT2D eigenvalue weighted by Gasteiger charge is -2.37. The summed E-state index contributed by atoms with van der Waals surface area (Å²) in [7, 11) is 0. The van der Waals surface area contributed by atoms with E-state index in [4.69, 9.17) is 0 Å². The number of amides is 1. The van der Waals surface area contributed by atoms with Crippen LogP contribution in [0.2, 0.25) is 0 Å². The van der Waals surface area contributed by atoms with E-state index in [9.17, 15) is 9.90 Å². The van der Waals surface area contributed by atoms with E-state index in [2.05, 4.69) is 41.4 Å². The molecule has 1 amide bonds. The third-order valence-corrected chi connectivity index (χ3v) is 5.07. The molecule has 1 aliphatic carbocycles. The molecule has 3 rings (SSSR count). The van der Waals surface area contributed by atoms with E-state index in [0.717, 1.165) is 38.9 Å². The van der Waals surface area contributed by atoms with Crippen LogP contribution in [-0.2, 0) is 17.9 Å². The molecule has 0 radical (unpaired) electrons. The molecule has 0 aromatic heterocycles. The van der Waals surface area contributed by atoms with Gasteiger partial charge in [-0.15, -0.1) is 0 Å². The molecular weight excluding hydrogens is 276 g/mol. The van der Waals surface area contributed by atoms with Crippen molar-refractivity contribution in [3.8, 4) is 0 Å². The normalized spacial score (nSPS) is 25.4. The molecule has 4 nitrogen and oxygen atoms in total. The zero-order valence-corrected chi connectivity index (χ0v) is 13.3. The molecule has 0 bridgehead atoms. The summed E-state index contributed by atoms with van der Waals surface area (Å²) in [5.41, 5.74) is 2.77. The molecule has 1 aliphatic heterocycles. The Bertz CT molecular complexity index is 501. The quantitative estimate of drug-likeness (QED) is 0.846. The zero-order valence-electron chi connectivity index (χ0n) is 13.3. The first kappa shape index (κ1) is 15.5. The SMILES string of the molecule is CC[C@@H](NC(=O)CCN1Cc2ccccc2C1)C1CC(O)C1. The van der Waals surface area contributed by atoms with Crippen LogP contribution in [0.3, 0.4) is 0 Å². The molecule has 0 saturated heterocycles. The highest BCUT2D eigenvalue weighted by atomic mass is 16.3. The molecule has 2 N–H and O–H groups in total. The third-order valence-electron chi connectivity index (χ3n) is 5.07. The Morgan fingerprint density at radius 1 is 1.32 bits per heavy atom. The third kappa shape index (κ3) is 3.50. The number of nitrogens with one attached hydrogen (secondary N) is 1. The summed E-state index contributed by atoms with van der Waals surface area (Å²) in [5, 5.41) is 12.6. The lowest BCUT2D eigenvalue weighted by molar-refractivity contribution is -0.123. The first-order chi connectivity index (χ1) is 10.7. The van der Waals surface area contributed by atoms with Crippen LogP contribution >= 0.6 is 0 Å². The second kappa shape index (κ2) is 6.80. The van der Waals surface area contributed by atoms with Crippen molar-refractivity contribution in [1.29, 1.82) is 0 Å². The van der Waals surface area contributed by atoms with Crippen LogP contribution in [0.1, 0.15) is 43.7 Å². The Morgan fingerprint density at radius 3 is 2.50 bits per heavy atom. The van der Waals surface area contributed by atoms with E-state index < -0.39 is 0 Å². The van der Waals surface area contributed by atoms with Gasteiger partial charge in [0.1, 0.15) is 0 Å². The topological polar surface area (TPSA) is 52.6 Å². The Hall–Kier alpha value is -1.39. The number of rotatable bonds is 6. The summed E-state index contributed by atoms with van der Waals surface area (Å²) < 4.78 is 0. The summed E-state index contributed by atoms with van der Waals surface area (Å²) >= 11 is 0. The van der Waals surface area contributed by atoms with Gasteiger partial charge in [0.05, 0.1) is 6.10 Å². The largest absolute Gasteiger partial charge is 0.393 e. The van der Waals surface area contributed by atoms with Gasteiger partial charge in [0.25, 0.3) is 0 Å². The second-order valence-electron chi connectivity index (χ2n) is 6.70. The minimum atomic E-state index is -0.154. The van der Waals surface area contributed by atoms with Crippen LogP contribution in [-0.4, -0.2) is 34.6 Å². The van der Waals surface area contributed by atoms with E-state index in [0.29, 0.717) is 12.3 Å². The van der Waals surface area contributed by atoms with Crippen molar-refractivity contribution < 1.29 is 9.90 Å². The van der Waals surface area contributed by atoms with Crippen molar-refractivity contribution in [3.05, 3.63) is 35.4 Å². The molecule has 0 spiro atoms. The molecule has 1 saturated carbocycles. The predicted molar refractivity (Wildman–Crippen MR) is 86.1 cm³/mol. The highest BCUT2D eigenvalue weighted by Gasteiger charge is 2.33. The monoisotopic (exact) mass is 302 g/mol. The van der Waals surface area contributed by atoms with Gasteiger partial charge in [-0.05, 0) is 36.3 Å². The van der Waals surface area contributed by atoms with Crippen LogP contribution in [0.25, 0.3) is 0 Å². The van der Waals surface area contributed by atoms with Crippen LogP contribution in [0.5, 0.6) is 0 Å². The Balaban J connectivity index is 1.41. The van der Waals surface area contributed by atoms with Gasteiger partial charge in [-0.25, -0.2) is 0 Å². The smallest absolute Gasteiger partial charge is 0.221 e. The highest BCUT2D eigenvalue weighted by molar-refractivity contribution is 5.76. The number of carbonyl (C=O) groups is 1. The Labute approximate surface area is 132 Å². The van der Waals surface area contributed by atoms with Crippen LogP contribution in [0, 0.1) is 5.92 Å². The molecule has 0 unspecified atom stereocenters. The van der Waals surface area contributed by atoms with Gasteiger partial charge in [-0.3, -0.25) is 9.69 Å². The Morgan fingerprint density at radius 2 is 1.95 bits per heavy atom. The van der Waals surface area contributed by atoms with Crippen molar-refractivity contribution in [2.45, 2.75) is 57.8 Å². The number of fused-ring (bicyclic) bond motifs is 1. The zero-order chi connectivity index (χ0) is 15.5. The predicted octanol–water partition coefficient (Wildman–Crippen LogP) is 2.06. The molecule has 4 heteroatoms. The average Bonchev–Trinajstić information content (AvgIpc) is 2.90. The maximum Gasteiger partial charge on any atom is 0.221 e. The van der Waals surface area contributed by atoms with Crippen molar-refractivity contribution in [2.75, 3.05) is 6.54 Å². The van der Waals surface area contributed by atoms with Crippen molar-refractivity contribution >= 4 is 5.91 Å². The van der Waals surface area contributed by atoms with E-state index in [-0.39, 0.29) is 18.1 Å². The minimum absolute atomic E-state index is 0.143. The van der Waals surface area contributed by atoms with Gasteiger partial charge in [-0.1, -0.05) is 31.2 Å². The molecule has 2 aliphatic rings. The number of benzene rings is 1. The van der Waals surface area contributed by atoms with E-state index >= 15 is 0 Å². The number of nitrogens with zero attached hydrogens (tertiary/aromatic N) is 1. The van der Waals surface area contributed by atoms with Gasteiger partial charge in [0, 0.05) is 32.1 Å². The summed E-state index contributed by atoms with van der Waals surface area (Å²) in [4.78, 5) is 14.5. The van der Waals surface area contributed by atoms with Gasteiger partial charge in [-0.2, -0.15) is 0 Å². The number of carbonyl (C=O) groups excluding carboxylic acids is 1. The molecule has 120 valence electrons. The lowest BCUT2D eigenvalue weighted by atomic mass is 9.76. The molecule has 1 fully saturated rings. The van der Waals surface area contributed by atoms with E-state index in [1.165, 1.54) is 11.1 Å². The van der Waals surface area contributed by atoms with Crippen molar-refractivity contribution in [3.63, 3.8) is 0 Å². The fraction of sp³-hybridized carbons (Fsp3) is 0.611. The van der Waals surface area contributed by atoms with Crippen LogP contribution in [0.15, 0.2) is 24.3 Å². The van der Waals surface area contributed by atoms with Crippen molar-refractivity contribution in [2.24, 2.45) is 5.92 Å². The van der Waals surface area contributed by atoms with Gasteiger partial charge in [0.2, 0.25) is 5.91 Å². The first-order valence-corrected chi connectivity index (χ1v) is 8.42. The molecule has 1 aromatic rings. The first-order valence-electron chi connectivity index (χ1n) is 8.42. The second-order valence-corrected chi connectivity index (χ2v) is 6.70. The number of aliphatic hydroxyl groups excluding tert-OH is 1. The minimum Gasteiger partial charge on any atom is -0.393 e. The van der Waals surface area contributed by atoms with Crippen LogP contribution < -0.4 is 5.32 Å². The van der Waals surface area contributed by atoms with Gasteiger partial charge in [0.15, 0.2) is 0 Å². The molecule has 1 heterocycles. The molecule has 22 heavy (non-hydrogen) atoms. The van der Waals surface area contributed by atoms with Gasteiger partial charge >= 0.3 is 0 Å². The fourth-order valence-electron chi connectivity index (χ4n) is 3.61.